The molecule has 0 atom stereocenters. The van der Waals surface area contributed by atoms with Crippen LogP contribution in [0.3, 0.4) is 0 Å². The Labute approximate surface area is 85.1 Å². The standard InChI is InChI=1S/C9H10N2O4/c12-8-2-1-7-6(10-8)5-11(9(13)14)3-4-15-7/h1-2H,3-5H2,(H,10,12)(H,13,14). The number of aromatic nitrogens is 1. The van der Waals surface area contributed by atoms with Crippen molar-refractivity contribution in [2.45, 2.75) is 6.54 Å². The van der Waals surface area contributed by atoms with E-state index in [2.05, 4.69) is 4.98 Å². The topological polar surface area (TPSA) is 82.6 Å². The molecule has 0 spiro atoms. The molecule has 1 aliphatic rings. The fourth-order valence-corrected chi connectivity index (χ4v) is 1.46. The molecule has 15 heavy (non-hydrogen) atoms. The summed E-state index contributed by atoms with van der Waals surface area (Å²) in [5.74, 6) is 0.540. The third-order valence-corrected chi connectivity index (χ3v) is 2.20. The molecule has 0 radical (unpaired) electrons. The average Bonchev–Trinajstić information content (AvgIpc) is 2.39. The predicted octanol–water partition coefficient (Wildman–Crippen LogP) is 0.247. The Hall–Kier alpha value is -1.98. The monoisotopic (exact) mass is 210 g/mol. The molecule has 2 heterocycles. The Morgan fingerprint density at radius 3 is 3.07 bits per heavy atom. The quantitative estimate of drug-likeness (QED) is 0.642. The Morgan fingerprint density at radius 1 is 1.53 bits per heavy atom. The maximum Gasteiger partial charge on any atom is 0.407 e. The molecular formula is C9H10N2O4. The van der Waals surface area contributed by atoms with Crippen molar-refractivity contribution in [3.63, 3.8) is 0 Å². The van der Waals surface area contributed by atoms with E-state index in [-0.39, 0.29) is 12.1 Å². The summed E-state index contributed by atoms with van der Waals surface area (Å²) in [6, 6.07) is 2.91. The average molecular weight is 210 g/mol. The van der Waals surface area contributed by atoms with Crippen LogP contribution in [0.15, 0.2) is 16.9 Å². The molecule has 1 aromatic rings. The second-order valence-electron chi connectivity index (χ2n) is 3.22. The molecule has 6 heteroatoms. The lowest BCUT2D eigenvalue weighted by molar-refractivity contribution is 0.137. The number of nitrogens with zero attached hydrogens (tertiary/aromatic N) is 1. The smallest absolute Gasteiger partial charge is 0.407 e. The van der Waals surface area contributed by atoms with Gasteiger partial charge in [0, 0.05) is 6.07 Å². The summed E-state index contributed by atoms with van der Waals surface area (Å²) < 4.78 is 5.31. The summed E-state index contributed by atoms with van der Waals surface area (Å²) >= 11 is 0. The summed E-state index contributed by atoms with van der Waals surface area (Å²) in [5, 5.41) is 8.84. The van der Waals surface area contributed by atoms with Gasteiger partial charge in [0.05, 0.1) is 18.8 Å². The van der Waals surface area contributed by atoms with E-state index in [0.717, 1.165) is 0 Å². The molecular weight excluding hydrogens is 200 g/mol. The van der Waals surface area contributed by atoms with Crippen LogP contribution in [0.4, 0.5) is 4.79 Å². The normalized spacial score (nSPS) is 15.1. The van der Waals surface area contributed by atoms with Gasteiger partial charge in [-0.05, 0) is 6.07 Å². The summed E-state index contributed by atoms with van der Waals surface area (Å²) in [6.45, 7) is 0.748. The van der Waals surface area contributed by atoms with E-state index in [1.165, 1.54) is 11.0 Å². The number of hydrogen-bond acceptors (Lipinski definition) is 3. The molecule has 0 saturated carbocycles. The zero-order chi connectivity index (χ0) is 10.8. The minimum Gasteiger partial charge on any atom is -0.490 e. The second-order valence-corrected chi connectivity index (χ2v) is 3.22. The molecule has 6 nitrogen and oxygen atoms in total. The molecule has 0 aromatic carbocycles. The van der Waals surface area contributed by atoms with Crippen molar-refractivity contribution in [3.05, 3.63) is 28.2 Å². The molecule has 2 N–H and O–H groups in total. The molecule has 2 rings (SSSR count). The van der Waals surface area contributed by atoms with Gasteiger partial charge in [0.2, 0.25) is 5.56 Å². The van der Waals surface area contributed by atoms with Crippen LogP contribution in [-0.2, 0) is 6.54 Å². The van der Waals surface area contributed by atoms with Crippen LogP contribution in [0.2, 0.25) is 0 Å². The highest BCUT2D eigenvalue weighted by Gasteiger charge is 2.19. The Bertz CT molecular complexity index is 440. The number of nitrogens with one attached hydrogen (secondary N) is 1. The van der Waals surface area contributed by atoms with Gasteiger partial charge in [-0.25, -0.2) is 4.79 Å². The van der Waals surface area contributed by atoms with Gasteiger partial charge in [0.25, 0.3) is 0 Å². The minimum absolute atomic E-state index is 0.154. The number of H-pyrrole nitrogens is 1. The van der Waals surface area contributed by atoms with Gasteiger partial charge >= 0.3 is 6.09 Å². The van der Waals surface area contributed by atoms with Gasteiger partial charge in [-0.3, -0.25) is 9.69 Å². The molecule has 0 aliphatic carbocycles. The van der Waals surface area contributed by atoms with Crippen molar-refractivity contribution in [1.29, 1.82) is 0 Å². The van der Waals surface area contributed by atoms with Crippen molar-refractivity contribution in [2.75, 3.05) is 13.2 Å². The van der Waals surface area contributed by atoms with Crippen LogP contribution in [-0.4, -0.2) is 34.2 Å². The van der Waals surface area contributed by atoms with E-state index < -0.39 is 6.09 Å². The first-order chi connectivity index (χ1) is 7.16. The molecule has 1 amide bonds. The maximum atomic E-state index is 11.1. The summed E-state index contributed by atoms with van der Waals surface area (Å²) in [5.41, 5.74) is 0.243. The van der Waals surface area contributed by atoms with Gasteiger partial charge in [-0.1, -0.05) is 0 Å². The molecule has 0 saturated heterocycles. The molecule has 0 fully saturated rings. The predicted molar refractivity (Wildman–Crippen MR) is 51.0 cm³/mol. The second kappa shape index (κ2) is 3.64. The molecule has 1 aromatic heterocycles. The van der Waals surface area contributed by atoms with E-state index in [9.17, 15) is 9.59 Å². The van der Waals surface area contributed by atoms with Crippen LogP contribution in [0.1, 0.15) is 5.69 Å². The van der Waals surface area contributed by atoms with Crippen LogP contribution in [0, 0.1) is 0 Å². The summed E-state index contributed by atoms with van der Waals surface area (Å²) in [7, 11) is 0. The molecule has 0 bridgehead atoms. The number of pyridine rings is 1. The van der Waals surface area contributed by atoms with Gasteiger partial charge in [0.1, 0.15) is 12.4 Å². The van der Waals surface area contributed by atoms with Gasteiger partial charge in [-0.15, -0.1) is 0 Å². The number of carboxylic acid groups (broad SMARTS) is 1. The van der Waals surface area contributed by atoms with E-state index >= 15 is 0 Å². The highest BCUT2D eigenvalue weighted by Crippen LogP contribution is 2.18. The number of hydrogen-bond donors (Lipinski definition) is 2. The van der Waals surface area contributed by atoms with Crippen LogP contribution in [0.5, 0.6) is 5.75 Å². The fraction of sp³-hybridized carbons (Fsp3) is 0.333. The maximum absolute atomic E-state index is 11.1. The van der Waals surface area contributed by atoms with Gasteiger partial charge in [0.15, 0.2) is 0 Å². The van der Waals surface area contributed by atoms with E-state index in [4.69, 9.17) is 9.84 Å². The number of fused-ring (bicyclic) bond motifs is 1. The zero-order valence-corrected chi connectivity index (χ0v) is 7.90. The lowest BCUT2D eigenvalue weighted by Gasteiger charge is -2.14. The van der Waals surface area contributed by atoms with Crippen LogP contribution in [0.25, 0.3) is 0 Å². The highest BCUT2D eigenvalue weighted by molar-refractivity contribution is 5.65. The number of amides is 1. The van der Waals surface area contributed by atoms with E-state index in [1.54, 1.807) is 6.07 Å². The molecule has 80 valence electrons. The zero-order valence-electron chi connectivity index (χ0n) is 7.90. The Morgan fingerprint density at radius 2 is 2.33 bits per heavy atom. The van der Waals surface area contributed by atoms with Crippen molar-refractivity contribution >= 4 is 6.09 Å². The highest BCUT2D eigenvalue weighted by atomic mass is 16.5. The van der Waals surface area contributed by atoms with E-state index in [0.29, 0.717) is 24.6 Å². The van der Waals surface area contributed by atoms with Crippen molar-refractivity contribution in [3.8, 4) is 5.75 Å². The van der Waals surface area contributed by atoms with Gasteiger partial charge < -0.3 is 14.8 Å². The van der Waals surface area contributed by atoms with Crippen LogP contribution >= 0.6 is 0 Å². The van der Waals surface area contributed by atoms with E-state index in [1.807, 2.05) is 0 Å². The third-order valence-electron chi connectivity index (χ3n) is 2.20. The van der Waals surface area contributed by atoms with Crippen molar-refractivity contribution in [1.82, 2.24) is 9.88 Å². The Kier molecular flexibility index (Phi) is 2.32. The third kappa shape index (κ3) is 1.93. The number of aromatic amines is 1. The first-order valence-electron chi connectivity index (χ1n) is 4.49. The van der Waals surface area contributed by atoms with Crippen molar-refractivity contribution < 1.29 is 14.6 Å². The lowest BCUT2D eigenvalue weighted by atomic mass is 10.3. The first kappa shape index (κ1) is 9.57. The number of rotatable bonds is 0. The summed E-state index contributed by atoms with van der Waals surface area (Å²) in [6.07, 6.45) is -1.02. The molecule has 1 aliphatic heterocycles. The van der Waals surface area contributed by atoms with Crippen molar-refractivity contribution in [2.24, 2.45) is 0 Å². The fourth-order valence-electron chi connectivity index (χ4n) is 1.46. The number of ether oxygens (including phenoxy) is 1. The molecule has 0 unspecified atom stereocenters. The Balaban J connectivity index is 2.35. The minimum atomic E-state index is -1.02. The summed E-state index contributed by atoms with van der Waals surface area (Å²) in [4.78, 5) is 25.6. The van der Waals surface area contributed by atoms with Crippen LogP contribution < -0.4 is 10.3 Å². The number of carbonyl (C=O) groups is 1. The SMILES string of the molecule is O=C(O)N1CCOc2ccc(=O)[nH]c2C1. The largest absolute Gasteiger partial charge is 0.490 e. The first-order valence-corrected chi connectivity index (χ1v) is 4.49. The lowest BCUT2D eigenvalue weighted by Crippen LogP contribution is -2.31. The van der Waals surface area contributed by atoms with Gasteiger partial charge in [-0.2, -0.15) is 0 Å².